The summed E-state index contributed by atoms with van der Waals surface area (Å²) >= 11 is 3.67. The zero-order valence-corrected chi connectivity index (χ0v) is 15.5. The maximum Gasteiger partial charge on any atom is 0.0236 e. The van der Waals surface area contributed by atoms with Crippen molar-refractivity contribution < 1.29 is 0 Å². The Morgan fingerprint density at radius 1 is 1.17 bits per heavy atom. The zero-order chi connectivity index (χ0) is 16.0. The van der Waals surface area contributed by atoms with Gasteiger partial charge in [0, 0.05) is 17.1 Å². The Labute approximate surface area is 147 Å². The van der Waals surface area contributed by atoms with Gasteiger partial charge in [-0.15, -0.1) is 0 Å². The minimum Gasteiger partial charge on any atom is -0.295 e. The SMILES string of the molecule is C[C@@H]1[C@@H]2Cc3ccc(Br)cc3[C@@]1(C)CCN2Cc1ccccc1. The van der Waals surface area contributed by atoms with E-state index < -0.39 is 0 Å². The second-order valence-electron chi connectivity index (χ2n) is 7.49. The van der Waals surface area contributed by atoms with Gasteiger partial charge in [-0.3, -0.25) is 4.90 Å². The molecule has 120 valence electrons. The topological polar surface area (TPSA) is 3.24 Å². The third-order valence-corrected chi connectivity index (χ3v) is 6.81. The predicted octanol–water partition coefficient (Wildman–Crippen LogP) is 5.17. The van der Waals surface area contributed by atoms with E-state index in [0.29, 0.717) is 17.4 Å². The van der Waals surface area contributed by atoms with E-state index in [1.165, 1.54) is 29.4 Å². The molecule has 0 amide bonds. The van der Waals surface area contributed by atoms with Crippen LogP contribution in [0.2, 0.25) is 0 Å². The van der Waals surface area contributed by atoms with E-state index in [4.69, 9.17) is 0 Å². The molecule has 1 heterocycles. The van der Waals surface area contributed by atoms with E-state index in [1.54, 1.807) is 11.1 Å². The van der Waals surface area contributed by atoms with Crippen molar-refractivity contribution in [2.45, 2.75) is 44.7 Å². The number of nitrogens with zero attached hydrogens (tertiary/aromatic N) is 1. The Morgan fingerprint density at radius 3 is 2.74 bits per heavy atom. The lowest BCUT2D eigenvalue weighted by atomic mass is 9.59. The molecule has 2 bridgehead atoms. The summed E-state index contributed by atoms with van der Waals surface area (Å²) in [5.74, 6) is 0.696. The maximum absolute atomic E-state index is 3.67. The highest BCUT2D eigenvalue weighted by molar-refractivity contribution is 9.10. The number of hydrogen-bond donors (Lipinski definition) is 0. The second kappa shape index (κ2) is 5.75. The van der Waals surface area contributed by atoms with Crippen LogP contribution in [0.4, 0.5) is 0 Å². The van der Waals surface area contributed by atoms with Gasteiger partial charge in [-0.2, -0.15) is 0 Å². The van der Waals surface area contributed by atoms with Crippen molar-refractivity contribution in [1.29, 1.82) is 0 Å². The molecule has 1 aliphatic carbocycles. The molecule has 2 heteroatoms. The molecule has 0 spiro atoms. The summed E-state index contributed by atoms with van der Waals surface area (Å²) in [6.07, 6.45) is 2.44. The molecule has 0 N–H and O–H groups in total. The highest BCUT2D eigenvalue weighted by atomic mass is 79.9. The van der Waals surface area contributed by atoms with Gasteiger partial charge < -0.3 is 0 Å². The largest absolute Gasteiger partial charge is 0.295 e. The van der Waals surface area contributed by atoms with Crippen LogP contribution in [-0.4, -0.2) is 17.5 Å². The average Bonchev–Trinajstić information content (AvgIpc) is 2.55. The average molecular weight is 370 g/mol. The van der Waals surface area contributed by atoms with E-state index in [0.717, 1.165) is 6.54 Å². The van der Waals surface area contributed by atoms with Crippen molar-refractivity contribution in [1.82, 2.24) is 4.90 Å². The third-order valence-electron chi connectivity index (χ3n) is 6.31. The third kappa shape index (κ3) is 2.56. The molecule has 1 fully saturated rings. The number of fused-ring (bicyclic) bond motifs is 4. The quantitative estimate of drug-likeness (QED) is 0.705. The first kappa shape index (κ1) is 15.4. The van der Waals surface area contributed by atoms with Crippen molar-refractivity contribution >= 4 is 15.9 Å². The fraction of sp³-hybridized carbons (Fsp3) is 0.429. The molecule has 1 aliphatic heterocycles. The first-order chi connectivity index (χ1) is 11.1. The zero-order valence-electron chi connectivity index (χ0n) is 13.9. The number of benzene rings is 2. The predicted molar refractivity (Wildman–Crippen MR) is 99.6 cm³/mol. The molecule has 0 saturated carbocycles. The number of likely N-dealkylation sites (tertiary alicyclic amines) is 1. The van der Waals surface area contributed by atoms with Crippen molar-refractivity contribution in [2.75, 3.05) is 6.54 Å². The highest BCUT2D eigenvalue weighted by Gasteiger charge is 2.48. The van der Waals surface area contributed by atoms with Crippen molar-refractivity contribution in [2.24, 2.45) is 5.92 Å². The highest BCUT2D eigenvalue weighted by Crippen LogP contribution is 2.49. The van der Waals surface area contributed by atoms with Gasteiger partial charge in [-0.25, -0.2) is 0 Å². The number of piperidine rings is 1. The fourth-order valence-electron chi connectivity index (χ4n) is 4.69. The molecule has 4 rings (SSSR count). The molecule has 2 aromatic rings. The summed E-state index contributed by atoms with van der Waals surface area (Å²) in [4.78, 5) is 2.72. The minimum absolute atomic E-state index is 0.315. The standard InChI is InChI=1S/C21H24BrN/c1-15-20-12-17-8-9-18(22)13-19(17)21(15,2)10-11-23(20)14-16-6-4-3-5-7-16/h3-9,13,15,20H,10-12,14H2,1-2H3/t15-,20+,21+/m1/s1. The van der Waals surface area contributed by atoms with Crippen LogP contribution in [0.25, 0.3) is 0 Å². The van der Waals surface area contributed by atoms with Gasteiger partial charge in [0.15, 0.2) is 0 Å². The lowest BCUT2D eigenvalue weighted by Gasteiger charge is -2.54. The van der Waals surface area contributed by atoms with Crippen LogP contribution in [-0.2, 0) is 18.4 Å². The Bertz CT molecular complexity index is 711. The van der Waals surface area contributed by atoms with Crippen molar-refractivity contribution in [3.63, 3.8) is 0 Å². The monoisotopic (exact) mass is 369 g/mol. The smallest absolute Gasteiger partial charge is 0.0236 e. The molecule has 2 aromatic carbocycles. The molecule has 0 radical (unpaired) electrons. The molecule has 1 saturated heterocycles. The van der Waals surface area contributed by atoms with Crippen molar-refractivity contribution in [3.05, 3.63) is 69.7 Å². The van der Waals surface area contributed by atoms with Gasteiger partial charge in [-0.1, -0.05) is 66.2 Å². The molecule has 1 nitrogen and oxygen atoms in total. The first-order valence-corrected chi connectivity index (χ1v) is 9.44. The van der Waals surface area contributed by atoms with Crippen LogP contribution >= 0.6 is 15.9 Å². The Balaban J connectivity index is 1.67. The van der Waals surface area contributed by atoms with Crippen LogP contribution in [0.1, 0.15) is 37.0 Å². The van der Waals surface area contributed by atoms with Crippen LogP contribution in [0.15, 0.2) is 53.0 Å². The lowest BCUT2D eigenvalue weighted by molar-refractivity contribution is 0.0258. The minimum atomic E-state index is 0.315. The van der Waals surface area contributed by atoms with E-state index in [1.807, 2.05) is 0 Å². The molecule has 0 unspecified atom stereocenters. The molecule has 0 aromatic heterocycles. The van der Waals surface area contributed by atoms with Crippen molar-refractivity contribution in [3.8, 4) is 0 Å². The van der Waals surface area contributed by atoms with E-state index in [9.17, 15) is 0 Å². The van der Waals surface area contributed by atoms with Crippen LogP contribution in [0, 0.1) is 5.92 Å². The summed E-state index contributed by atoms with van der Waals surface area (Å²) in [6.45, 7) is 7.23. The maximum atomic E-state index is 3.67. The molecule has 3 atom stereocenters. The molecule has 23 heavy (non-hydrogen) atoms. The Morgan fingerprint density at radius 2 is 1.96 bits per heavy atom. The van der Waals surface area contributed by atoms with E-state index in [2.05, 4.69) is 83.2 Å². The van der Waals surface area contributed by atoms with Gasteiger partial charge in [0.2, 0.25) is 0 Å². The molecule has 2 aliphatic rings. The van der Waals surface area contributed by atoms with Crippen LogP contribution < -0.4 is 0 Å². The molecular weight excluding hydrogens is 346 g/mol. The Hall–Kier alpha value is -1.12. The summed E-state index contributed by atoms with van der Waals surface area (Å²) in [6, 6.07) is 18.5. The number of hydrogen-bond acceptors (Lipinski definition) is 1. The van der Waals surface area contributed by atoms with Gasteiger partial charge >= 0.3 is 0 Å². The summed E-state index contributed by atoms with van der Waals surface area (Å²) < 4.78 is 1.22. The lowest BCUT2D eigenvalue weighted by Crippen LogP contribution is -2.57. The van der Waals surface area contributed by atoms with E-state index in [-0.39, 0.29) is 0 Å². The number of rotatable bonds is 2. The Kier molecular flexibility index (Phi) is 3.85. The second-order valence-corrected chi connectivity index (χ2v) is 8.40. The normalized spacial score (nSPS) is 30.0. The molecular formula is C21H24BrN. The van der Waals surface area contributed by atoms with E-state index >= 15 is 0 Å². The number of halogens is 1. The summed E-state index contributed by atoms with van der Waals surface area (Å²) in [5, 5.41) is 0. The van der Waals surface area contributed by atoms with Crippen LogP contribution in [0.3, 0.4) is 0 Å². The van der Waals surface area contributed by atoms with Gasteiger partial charge in [0.25, 0.3) is 0 Å². The first-order valence-electron chi connectivity index (χ1n) is 8.65. The van der Waals surface area contributed by atoms with Gasteiger partial charge in [0.05, 0.1) is 0 Å². The summed E-state index contributed by atoms with van der Waals surface area (Å²) in [7, 11) is 0. The summed E-state index contributed by atoms with van der Waals surface area (Å²) in [5.41, 5.74) is 4.88. The van der Waals surface area contributed by atoms with Gasteiger partial charge in [-0.05, 0) is 59.5 Å². The van der Waals surface area contributed by atoms with Gasteiger partial charge in [0.1, 0.15) is 0 Å². The van der Waals surface area contributed by atoms with Crippen LogP contribution in [0.5, 0.6) is 0 Å². The fourth-order valence-corrected chi connectivity index (χ4v) is 5.05.